The molecule has 0 unspecified atom stereocenters. The molecule has 0 aliphatic carbocycles. The van der Waals surface area contributed by atoms with Crippen molar-refractivity contribution >= 4 is 23.4 Å². The smallest absolute Gasteiger partial charge is 0.277 e. The lowest BCUT2D eigenvalue weighted by Gasteiger charge is -2.09. The van der Waals surface area contributed by atoms with Crippen LogP contribution < -0.4 is 5.32 Å². The van der Waals surface area contributed by atoms with Crippen molar-refractivity contribution in [3.63, 3.8) is 0 Å². The summed E-state index contributed by atoms with van der Waals surface area (Å²) in [5.74, 6) is 0.242. The molecular formula is C19H16N4O2S. The SMILES string of the molecule is Cc1cccc(-c2nnc(S[C@H](C)C(=O)Nc3ccc(C#N)cc3)o2)c1. The number of hydrogen-bond acceptors (Lipinski definition) is 6. The molecule has 26 heavy (non-hydrogen) atoms. The van der Waals surface area contributed by atoms with Gasteiger partial charge in [0.05, 0.1) is 16.9 Å². The quantitative estimate of drug-likeness (QED) is 0.687. The fraction of sp³-hybridized carbons (Fsp3) is 0.158. The van der Waals surface area contributed by atoms with Crippen LogP contribution in [-0.4, -0.2) is 21.4 Å². The minimum Gasteiger partial charge on any atom is -0.411 e. The number of nitrogens with one attached hydrogen (secondary N) is 1. The Hall–Kier alpha value is -3.11. The predicted molar refractivity (Wildman–Crippen MR) is 99.6 cm³/mol. The summed E-state index contributed by atoms with van der Waals surface area (Å²) in [4.78, 5) is 12.3. The number of carbonyl (C=O) groups excluding carboxylic acids is 1. The highest BCUT2D eigenvalue weighted by molar-refractivity contribution is 8.00. The highest BCUT2D eigenvalue weighted by Crippen LogP contribution is 2.27. The first-order valence-corrected chi connectivity index (χ1v) is 8.81. The maximum Gasteiger partial charge on any atom is 0.277 e. The first-order chi connectivity index (χ1) is 12.5. The molecule has 2 aromatic carbocycles. The molecule has 0 radical (unpaired) electrons. The van der Waals surface area contributed by atoms with Crippen LogP contribution in [0.4, 0.5) is 5.69 Å². The van der Waals surface area contributed by atoms with Crippen LogP contribution in [0.25, 0.3) is 11.5 Å². The van der Waals surface area contributed by atoms with Crippen LogP contribution in [0.5, 0.6) is 0 Å². The summed E-state index contributed by atoms with van der Waals surface area (Å²) in [5, 5.41) is 19.6. The number of aryl methyl sites for hydroxylation is 1. The molecule has 0 spiro atoms. The Bertz CT molecular complexity index is 960. The first kappa shape index (κ1) is 17.7. The van der Waals surface area contributed by atoms with Crippen LogP contribution >= 0.6 is 11.8 Å². The molecule has 1 amide bonds. The molecule has 0 saturated heterocycles. The van der Waals surface area contributed by atoms with Gasteiger partial charge in [-0.3, -0.25) is 4.79 Å². The number of aromatic nitrogens is 2. The lowest BCUT2D eigenvalue weighted by molar-refractivity contribution is -0.115. The van der Waals surface area contributed by atoms with Crippen LogP contribution in [-0.2, 0) is 4.79 Å². The van der Waals surface area contributed by atoms with Gasteiger partial charge in [0.25, 0.3) is 5.22 Å². The summed E-state index contributed by atoms with van der Waals surface area (Å²) in [5.41, 5.74) is 3.12. The van der Waals surface area contributed by atoms with Crippen molar-refractivity contribution in [2.24, 2.45) is 0 Å². The van der Waals surface area contributed by atoms with E-state index in [1.807, 2.05) is 37.3 Å². The predicted octanol–water partition coefficient (Wildman–Crippen LogP) is 4.04. The van der Waals surface area contributed by atoms with Crippen LogP contribution in [0.15, 0.2) is 58.2 Å². The maximum atomic E-state index is 12.3. The van der Waals surface area contributed by atoms with Crippen LogP contribution in [0, 0.1) is 18.3 Å². The van der Waals surface area contributed by atoms with Crippen molar-refractivity contribution < 1.29 is 9.21 Å². The number of rotatable bonds is 5. The summed E-state index contributed by atoms with van der Waals surface area (Å²) >= 11 is 1.19. The van der Waals surface area contributed by atoms with Gasteiger partial charge < -0.3 is 9.73 Å². The minimum atomic E-state index is -0.420. The fourth-order valence-corrected chi connectivity index (χ4v) is 2.91. The Morgan fingerprint density at radius 2 is 2.00 bits per heavy atom. The largest absolute Gasteiger partial charge is 0.411 e. The molecule has 1 heterocycles. The number of nitriles is 1. The third kappa shape index (κ3) is 4.29. The van der Waals surface area contributed by atoms with E-state index < -0.39 is 5.25 Å². The highest BCUT2D eigenvalue weighted by Gasteiger charge is 2.19. The molecule has 0 aliphatic heterocycles. The second kappa shape index (κ2) is 7.85. The van der Waals surface area contributed by atoms with E-state index in [9.17, 15) is 4.79 Å². The van der Waals surface area contributed by atoms with E-state index in [1.54, 1.807) is 31.2 Å². The van der Waals surface area contributed by atoms with Gasteiger partial charge >= 0.3 is 0 Å². The molecule has 0 saturated carbocycles. The Kier molecular flexibility index (Phi) is 5.34. The van der Waals surface area contributed by atoms with Gasteiger partial charge in [-0.1, -0.05) is 29.5 Å². The standard InChI is InChI=1S/C19H16N4O2S/c1-12-4-3-5-15(10-12)18-22-23-19(25-18)26-13(2)17(24)21-16-8-6-14(11-20)7-9-16/h3-10,13H,1-2H3,(H,21,24)/t13-/m1/s1. The van der Waals surface area contributed by atoms with E-state index in [-0.39, 0.29) is 5.91 Å². The molecule has 3 rings (SSSR count). The van der Waals surface area contributed by atoms with E-state index in [2.05, 4.69) is 15.5 Å². The molecule has 1 N–H and O–H groups in total. The molecule has 7 heteroatoms. The average molecular weight is 364 g/mol. The minimum absolute atomic E-state index is 0.185. The molecule has 0 fully saturated rings. The van der Waals surface area contributed by atoms with Crippen LogP contribution in [0.1, 0.15) is 18.1 Å². The number of benzene rings is 2. The zero-order chi connectivity index (χ0) is 18.5. The second-order valence-electron chi connectivity index (χ2n) is 5.68. The Morgan fingerprint density at radius 1 is 1.23 bits per heavy atom. The van der Waals surface area contributed by atoms with Crippen LogP contribution in [0.2, 0.25) is 0 Å². The second-order valence-corrected chi connectivity index (χ2v) is 6.97. The number of nitrogens with zero attached hydrogens (tertiary/aromatic N) is 3. The molecule has 1 aromatic heterocycles. The number of amides is 1. The Morgan fingerprint density at radius 3 is 2.69 bits per heavy atom. The van der Waals surface area contributed by atoms with Crippen molar-refractivity contribution in [1.82, 2.24) is 10.2 Å². The average Bonchev–Trinajstić information content (AvgIpc) is 3.11. The first-order valence-electron chi connectivity index (χ1n) is 7.93. The van der Waals surface area contributed by atoms with E-state index in [0.29, 0.717) is 22.4 Å². The zero-order valence-electron chi connectivity index (χ0n) is 14.3. The number of anilines is 1. The van der Waals surface area contributed by atoms with Crippen LogP contribution in [0.3, 0.4) is 0 Å². The highest BCUT2D eigenvalue weighted by atomic mass is 32.2. The van der Waals surface area contributed by atoms with E-state index in [0.717, 1.165) is 11.1 Å². The summed E-state index contributed by atoms with van der Waals surface area (Å²) in [6, 6.07) is 16.5. The van der Waals surface area contributed by atoms with Gasteiger partial charge in [-0.25, -0.2) is 0 Å². The van der Waals surface area contributed by atoms with Gasteiger partial charge in [-0.05, 0) is 50.2 Å². The number of thioether (sulfide) groups is 1. The third-order valence-corrected chi connectivity index (χ3v) is 4.53. The fourth-order valence-electron chi connectivity index (χ4n) is 2.23. The molecule has 0 aliphatic rings. The monoisotopic (exact) mass is 364 g/mol. The van der Waals surface area contributed by atoms with Crippen molar-refractivity contribution in [3.05, 3.63) is 59.7 Å². The van der Waals surface area contributed by atoms with Gasteiger partial charge in [-0.15, -0.1) is 10.2 Å². The van der Waals surface area contributed by atoms with Gasteiger partial charge in [0.15, 0.2) is 0 Å². The normalized spacial score (nSPS) is 11.6. The summed E-state index contributed by atoms with van der Waals surface area (Å²) < 4.78 is 5.65. The van der Waals surface area contributed by atoms with Gasteiger partial charge in [0, 0.05) is 11.3 Å². The number of carbonyl (C=O) groups is 1. The van der Waals surface area contributed by atoms with Crippen molar-refractivity contribution in [2.45, 2.75) is 24.3 Å². The zero-order valence-corrected chi connectivity index (χ0v) is 15.1. The van der Waals surface area contributed by atoms with E-state index in [1.165, 1.54) is 11.8 Å². The molecule has 0 bridgehead atoms. The third-order valence-electron chi connectivity index (χ3n) is 3.60. The summed E-state index contributed by atoms with van der Waals surface area (Å²) in [7, 11) is 0. The summed E-state index contributed by atoms with van der Waals surface area (Å²) in [6.07, 6.45) is 0. The topological polar surface area (TPSA) is 91.8 Å². The van der Waals surface area contributed by atoms with Gasteiger partial charge in [0.1, 0.15) is 0 Å². The van der Waals surface area contributed by atoms with Gasteiger partial charge in [-0.2, -0.15) is 5.26 Å². The van der Waals surface area contributed by atoms with E-state index in [4.69, 9.17) is 9.68 Å². The van der Waals surface area contributed by atoms with Gasteiger partial charge in [0.2, 0.25) is 11.8 Å². The van der Waals surface area contributed by atoms with Crippen molar-refractivity contribution in [2.75, 3.05) is 5.32 Å². The van der Waals surface area contributed by atoms with Crippen molar-refractivity contribution in [1.29, 1.82) is 5.26 Å². The van der Waals surface area contributed by atoms with Crippen molar-refractivity contribution in [3.8, 4) is 17.5 Å². The van der Waals surface area contributed by atoms with E-state index >= 15 is 0 Å². The molecule has 6 nitrogen and oxygen atoms in total. The Labute approximate surface area is 155 Å². The molecule has 3 aromatic rings. The Balaban J connectivity index is 1.63. The summed E-state index contributed by atoms with van der Waals surface area (Å²) in [6.45, 7) is 3.76. The number of hydrogen-bond donors (Lipinski definition) is 1. The lowest BCUT2D eigenvalue weighted by Crippen LogP contribution is -2.22. The lowest BCUT2D eigenvalue weighted by atomic mass is 10.1. The maximum absolute atomic E-state index is 12.3. The molecule has 1 atom stereocenters. The molecular weight excluding hydrogens is 348 g/mol. The molecule has 130 valence electrons.